The molecule has 0 spiro atoms. The van der Waals surface area contributed by atoms with E-state index in [2.05, 4.69) is 4.99 Å². The van der Waals surface area contributed by atoms with E-state index in [0.717, 1.165) is 6.54 Å². The molecule has 0 fully saturated rings. The molecular formula is C10H15N3O3. The molecule has 1 heterocycles. The number of amidine groups is 1. The maximum absolute atomic E-state index is 10.5. The van der Waals surface area contributed by atoms with Crippen molar-refractivity contribution in [2.45, 2.75) is 6.42 Å². The van der Waals surface area contributed by atoms with Crippen molar-refractivity contribution in [2.24, 2.45) is 4.99 Å². The van der Waals surface area contributed by atoms with Gasteiger partial charge in [-0.05, 0) is 24.0 Å². The van der Waals surface area contributed by atoms with Crippen molar-refractivity contribution in [1.29, 1.82) is 0 Å². The zero-order valence-electron chi connectivity index (χ0n) is 9.42. The SMILES string of the molecule is CN(C)CCOC1=CN=C([N+](=O)[O-])C=CC1. The molecule has 0 aromatic carbocycles. The molecule has 0 aliphatic carbocycles. The first-order valence-electron chi connectivity index (χ1n) is 4.95. The molecule has 1 aliphatic heterocycles. The van der Waals surface area contributed by atoms with Crippen molar-refractivity contribution in [1.82, 2.24) is 4.90 Å². The fraction of sp³-hybridized carbons (Fsp3) is 0.500. The third-order valence-electron chi connectivity index (χ3n) is 1.94. The number of nitro groups is 1. The van der Waals surface area contributed by atoms with Crippen LogP contribution in [0, 0.1) is 10.1 Å². The lowest BCUT2D eigenvalue weighted by atomic mass is 10.3. The highest BCUT2D eigenvalue weighted by Gasteiger charge is 2.10. The Morgan fingerprint density at radius 2 is 2.38 bits per heavy atom. The minimum absolute atomic E-state index is 0.161. The standard InChI is InChI=1S/C10H15N3O3/c1-12(2)6-7-16-9-4-3-5-10(11-8-9)13(14)15/h3,5,8H,4,6-7H2,1-2H3. The summed E-state index contributed by atoms with van der Waals surface area (Å²) in [6.45, 7) is 1.35. The average molecular weight is 225 g/mol. The molecule has 1 rings (SSSR count). The molecule has 0 aromatic rings. The van der Waals surface area contributed by atoms with Crippen LogP contribution in [0.3, 0.4) is 0 Å². The van der Waals surface area contributed by atoms with Crippen molar-refractivity contribution < 1.29 is 9.66 Å². The molecule has 0 atom stereocenters. The highest BCUT2D eigenvalue weighted by Crippen LogP contribution is 2.09. The van der Waals surface area contributed by atoms with Crippen LogP contribution in [0.4, 0.5) is 0 Å². The molecule has 0 amide bonds. The Balaban J connectivity index is 2.50. The fourth-order valence-corrected chi connectivity index (χ4v) is 1.08. The van der Waals surface area contributed by atoms with Gasteiger partial charge in [0.2, 0.25) is 0 Å². The Bertz CT molecular complexity index is 345. The summed E-state index contributed by atoms with van der Waals surface area (Å²) in [7, 11) is 3.90. The van der Waals surface area contributed by atoms with E-state index in [1.54, 1.807) is 6.08 Å². The van der Waals surface area contributed by atoms with Crippen molar-refractivity contribution in [3.63, 3.8) is 0 Å². The number of allylic oxidation sites excluding steroid dienone is 1. The first kappa shape index (κ1) is 12.4. The van der Waals surface area contributed by atoms with Gasteiger partial charge in [0.1, 0.15) is 12.4 Å². The molecule has 0 saturated heterocycles. The summed E-state index contributed by atoms with van der Waals surface area (Å²) < 4.78 is 5.44. The minimum Gasteiger partial charge on any atom is -0.492 e. The van der Waals surface area contributed by atoms with Gasteiger partial charge in [-0.1, -0.05) is 6.08 Å². The third kappa shape index (κ3) is 4.22. The number of nitrogens with zero attached hydrogens (tertiary/aromatic N) is 3. The molecule has 88 valence electrons. The van der Waals surface area contributed by atoms with Crippen molar-refractivity contribution >= 4 is 5.84 Å². The first-order valence-corrected chi connectivity index (χ1v) is 4.95. The Hall–Kier alpha value is -1.69. The first-order chi connectivity index (χ1) is 7.59. The summed E-state index contributed by atoms with van der Waals surface area (Å²) >= 11 is 0. The minimum atomic E-state index is -0.518. The van der Waals surface area contributed by atoms with Crippen LogP contribution >= 0.6 is 0 Å². The zero-order valence-corrected chi connectivity index (χ0v) is 9.42. The van der Waals surface area contributed by atoms with Crippen molar-refractivity contribution in [3.8, 4) is 0 Å². The second kappa shape index (κ2) is 6.02. The molecule has 0 aromatic heterocycles. The Morgan fingerprint density at radius 1 is 1.62 bits per heavy atom. The van der Waals surface area contributed by atoms with E-state index in [9.17, 15) is 10.1 Å². The summed E-state index contributed by atoms with van der Waals surface area (Å²) in [5.41, 5.74) is 0. The molecule has 6 nitrogen and oxygen atoms in total. The smallest absolute Gasteiger partial charge is 0.363 e. The predicted octanol–water partition coefficient (Wildman–Crippen LogP) is 1.04. The van der Waals surface area contributed by atoms with Gasteiger partial charge in [0.05, 0.1) is 0 Å². The van der Waals surface area contributed by atoms with Crippen LogP contribution in [0.1, 0.15) is 6.42 Å². The summed E-state index contributed by atoms with van der Waals surface area (Å²) in [5.74, 6) is 0.487. The lowest BCUT2D eigenvalue weighted by Gasteiger charge is -2.10. The van der Waals surface area contributed by atoms with E-state index in [1.165, 1.54) is 12.3 Å². The topological polar surface area (TPSA) is 68.0 Å². The van der Waals surface area contributed by atoms with E-state index in [1.807, 2.05) is 19.0 Å². The lowest BCUT2D eigenvalue weighted by molar-refractivity contribution is -0.348. The number of hydrogen-bond donors (Lipinski definition) is 0. The second-order valence-corrected chi connectivity index (χ2v) is 3.60. The average Bonchev–Trinajstić information content (AvgIpc) is 2.42. The number of rotatable bonds is 4. The molecule has 6 heteroatoms. The van der Waals surface area contributed by atoms with Gasteiger partial charge in [0.15, 0.2) is 6.20 Å². The predicted molar refractivity (Wildman–Crippen MR) is 60.8 cm³/mol. The molecule has 16 heavy (non-hydrogen) atoms. The summed E-state index contributed by atoms with van der Waals surface area (Å²) in [6, 6.07) is 0. The van der Waals surface area contributed by atoms with Crippen LogP contribution in [0.15, 0.2) is 29.1 Å². The van der Waals surface area contributed by atoms with Gasteiger partial charge in [0.25, 0.3) is 0 Å². The number of ether oxygens (including phenoxy) is 1. The van der Waals surface area contributed by atoms with Crippen molar-refractivity contribution in [2.75, 3.05) is 27.2 Å². The van der Waals surface area contributed by atoms with Crippen LogP contribution in [0.2, 0.25) is 0 Å². The lowest BCUT2D eigenvalue weighted by Crippen LogP contribution is -2.17. The van der Waals surface area contributed by atoms with Gasteiger partial charge in [-0.2, -0.15) is 0 Å². The van der Waals surface area contributed by atoms with E-state index in [-0.39, 0.29) is 5.84 Å². The monoisotopic (exact) mass is 225 g/mol. The maximum Gasteiger partial charge on any atom is 0.363 e. The van der Waals surface area contributed by atoms with Gasteiger partial charge >= 0.3 is 5.84 Å². The Labute approximate surface area is 94.1 Å². The number of aliphatic imine (C=N–C) groups is 1. The highest BCUT2D eigenvalue weighted by atomic mass is 16.6. The molecule has 0 bridgehead atoms. The normalized spacial score (nSPS) is 15.4. The molecule has 0 unspecified atom stereocenters. The van der Waals surface area contributed by atoms with Gasteiger partial charge in [-0.25, -0.2) is 0 Å². The Kier molecular flexibility index (Phi) is 4.65. The van der Waals surface area contributed by atoms with E-state index in [4.69, 9.17) is 4.74 Å². The van der Waals surface area contributed by atoms with Crippen LogP contribution in [0.25, 0.3) is 0 Å². The molecule has 0 saturated carbocycles. The molecule has 1 aliphatic rings. The number of likely N-dealkylation sites (N-methyl/N-ethyl adjacent to an activating group) is 1. The molecule has 0 radical (unpaired) electrons. The van der Waals surface area contributed by atoms with Gasteiger partial charge in [0, 0.05) is 19.0 Å². The fourth-order valence-electron chi connectivity index (χ4n) is 1.08. The largest absolute Gasteiger partial charge is 0.492 e. The van der Waals surface area contributed by atoms with Crippen LogP contribution in [-0.2, 0) is 4.74 Å². The van der Waals surface area contributed by atoms with E-state index < -0.39 is 4.92 Å². The third-order valence-corrected chi connectivity index (χ3v) is 1.94. The maximum atomic E-state index is 10.5. The molecule has 0 N–H and O–H groups in total. The molecular weight excluding hydrogens is 210 g/mol. The van der Waals surface area contributed by atoms with Gasteiger partial charge < -0.3 is 19.8 Å². The summed E-state index contributed by atoms with van der Waals surface area (Å²) in [6.07, 6.45) is 5.01. The van der Waals surface area contributed by atoms with Crippen LogP contribution < -0.4 is 0 Å². The zero-order chi connectivity index (χ0) is 12.0. The Morgan fingerprint density at radius 3 is 3.00 bits per heavy atom. The summed E-state index contributed by atoms with van der Waals surface area (Å²) in [5, 5.41) is 10.5. The quantitative estimate of drug-likeness (QED) is 0.529. The highest BCUT2D eigenvalue weighted by molar-refractivity contribution is 5.86. The van der Waals surface area contributed by atoms with Crippen molar-refractivity contribution in [3.05, 3.63) is 34.2 Å². The van der Waals surface area contributed by atoms with Crippen LogP contribution in [-0.4, -0.2) is 42.9 Å². The van der Waals surface area contributed by atoms with Gasteiger partial charge in [-0.3, -0.25) is 0 Å². The van der Waals surface area contributed by atoms with Crippen LogP contribution in [0.5, 0.6) is 0 Å². The van der Waals surface area contributed by atoms with E-state index in [0.29, 0.717) is 18.8 Å². The van der Waals surface area contributed by atoms with Gasteiger partial charge in [-0.15, -0.1) is 0 Å². The van der Waals surface area contributed by atoms with E-state index >= 15 is 0 Å². The second-order valence-electron chi connectivity index (χ2n) is 3.60. The summed E-state index contributed by atoms with van der Waals surface area (Å²) in [4.78, 5) is 15.7. The number of hydrogen-bond acceptors (Lipinski definition) is 5.